The highest BCUT2D eigenvalue weighted by Gasteiger charge is 2.53. The number of unbranched alkanes of at least 4 members (excludes halogenated alkanes) is 2. The number of hydrogen-bond acceptors (Lipinski definition) is 11. The van der Waals surface area contributed by atoms with Crippen LogP contribution in [0.15, 0.2) is 36.4 Å². The van der Waals surface area contributed by atoms with E-state index in [0.717, 1.165) is 64.2 Å². The minimum Gasteiger partial charge on any atom is -0.478 e. The number of nitrogens with zero attached hydrogens (tertiary/aromatic N) is 5. The van der Waals surface area contributed by atoms with Crippen LogP contribution >= 0.6 is 0 Å². The first-order chi connectivity index (χ1) is 34.0. The van der Waals surface area contributed by atoms with Crippen molar-refractivity contribution in [1.82, 2.24) is 14.7 Å². The number of methoxy groups -OCH3 is 2. The molecule has 392 valence electrons. The predicted molar refractivity (Wildman–Crippen MR) is 269 cm³/mol. The maximum Gasteiger partial charge on any atom is 0.357 e. The first-order valence-electron chi connectivity index (χ1n) is 26.0. The number of rotatable bonds is 18. The number of hydrogen-bond donors (Lipinski definition) is 1. The molecule has 3 aliphatic heterocycles. The molecular weight excluding hydrogens is 911 g/mol. The van der Waals surface area contributed by atoms with Crippen LogP contribution < -0.4 is 19.3 Å². The smallest absolute Gasteiger partial charge is 0.357 e. The number of carboxylic acid groups (broad SMARTS) is 1. The molecule has 0 spiro atoms. The molecular formula is C54H79N5O12. The van der Waals surface area contributed by atoms with Crippen molar-refractivity contribution in [3.8, 4) is 11.5 Å². The number of benzene rings is 2. The number of carbonyl (C=O) groups excluding carboxylic acids is 5. The van der Waals surface area contributed by atoms with Crippen LogP contribution in [0, 0.1) is 0 Å². The van der Waals surface area contributed by atoms with Gasteiger partial charge in [-0.1, -0.05) is 38.5 Å². The molecule has 1 N–H and O–H groups in total. The zero-order valence-corrected chi connectivity index (χ0v) is 43.5. The van der Waals surface area contributed by atoms with Crippen molar-refractivity contribution in [3.05, 3.63) is 47.5 Å². The van der Waals surface area contributed by atoms with Gasteiger partial charge in [-0.3, -0.25) is 24.0 Å². The van der Waals surface area contributed by atoms with Crippen molar-refractivity contribution in [3.63, 3.8) is 0 Å². The lowest BCUT2D eigenvalue weighted by Gasteiger charge is -2.42. The van der Waals surface area contributed by atoms with E-state index >= 15 is 0 Å². The maximum absolute atomic E-state index is 13.9. The van der Waals surface area contributed by atoms with Crippen LogP contribution in [0.3, 0.4) is 0 Å². The predicted octanol–water partition coefficient (Wildman–Crippen LogP) is 7.50. The standard InChI is InChI=1S/C29H43N3O6.C25H36N2O6/c1-21(2)32(23-10-6-5-7-11-23)26(33)22-12-13-25-24(20-22)31(14-8-9-17-36-4)28(35)29(3,38-25)27(34)30-15-18-37-19-16-30;1-17(2)27(19-10-6-5-7-11-19)22(28)18-12-13-21-20(16-18)26(14-8-9-15-32-4)23(29)25(3,33-21)24(30)31/h12-13,20-21,23H,5-11,14-19H2,1-4H3;12-13,16-17,19H,5-11,14-15H2,1-4H3,(H,30,31). The van der Waals surface area contributed by atoms with Gasteiger partial charge in [0.2, 0.25) is 0 Å². The third kappa shape index (κ3) is 12.5. The topological polar surface area (TPSA) is 185 Å². The molecule has 5 aliphatic rings. The number of aliphatic carboxylic acids is 1. The summed E-state index contributed by atoms with van der Waals surface area (Å²) in [6.07, 6.45) is 13.8. The summed E-state index contributed by atoms with van der Waals surface area (Å²) in [5, 5.41) is 9.69. The van der Waals surface area contributed by atoms with Crippen LogP contribution in [0.1, 0.15) is 152 Å². The Bertz CT molecular complexity index is 2180. The monoisotopic (exact) mass is 990 g/mol. The molecule has 7 rings (SSSR count). The molecule has 5 amide bonds. The molecule has 2 unspecified atom stereocenters. The summed E-state index contributed by atoms with van der Waals surface area (Å²) in [7, 11) is 3.26. The molecule has 0 aromatic heterocycles. The zero-order chi connectivity index (χ0) is 51.5. The number of carboxylic acids is 1. The first-order valence-corrected chi connectivity index (χ1v) is 26.0. The summed E-state index contributed by atoms with van der Waals surface area (Å²) in [6.45, 7) is 14.6. The molecule has 2 saturated carbocycles. The van der Waals surface area contributed by atoms with E-state index in [4.69, 9.17) is 23.7 Å². The van der Waals surface area contributed by atoms with Crippen LogP contribution in [0.2, 0.25) is 0 Å². The SMILES string of the molecule is COCCCCN1C(=O)C(C)(C(=O)N2CCOCC2)Oc2ccc(C(=O)N(C(C)C)C3CCCCC3)cc21.COCCCCN1C(=O)C(C)(C(=O)O)Oc2ccc(C(=O)N(C(C)C)C3CCCCC3)cc21. The fourth-order valence-corrected chi connectivity index (χ4v) is 10.6. The quantitative estimate of drug-likeness (QED) is 0.115. The highest BCUT2D eigenvalue weighted by Crippen LogP contribution is 2.42. The van der Waals surface area contributed by atoms with Crippen LogP contribution in [-0.2, 0) is 33.4 Å². The van der Waals surface area contributed by atoms with E-state index in [2.05, 4.69) is 13.8 Å². The van der Waals surface area contributed by atoms with Crippen LogP contribution in [-0.4, -0.2) is 158 Å². The van der Waals surface area contributed by atoms with Gasteiger partial charge in [-0.2, -0.15) is 0 Å². The molecule has 3 heterocycles. The summed E-state index contributed by atoms with van der Waals surface area (Å²) >= 11 is 0. The zero-order valence-electron chi connectivity index (χ0n) is 43.5. The molecule has 17 nitrogen and oxygen atoms in total. The Morgan fingerprint density at radius 3 is 1.45 bits per heavy atom. The molecule has 2 aromatic carbocycles. The highest BCUT2D eigenvalue weighted by atomic mass is 16.5. The lowest BCUT2D eigenvalue weighted by molar-refractivity contribution is -0.161. The van der Waals surface area contributed by atoms with Gasteiger partial charge in [0.25, 0.3) is 40.7 Å². The van der Waals surface area contributed by atoms with Crippen molar-refractivity contribution in [1.29, 1.82) is 0 Å². The van der Waals surface area contributed by atoms with E-state index in [-0.39, 0.29) is 47.6 Å². The summed E-state index contributed by atoms with van der Waals surface area (Å²) in [6, 6.07) is 10.8. The summed E-state index contributed by atoms with van der Waals surface area (Å²) in [5.74, 6) is -2.13. The van der Waals surface area contributed by atoms with Gasteiger partial charge in [0.05, 0.1) is 24.6 Å². The Labute approximate surface area is 420 Å². The molecule has 1 saturated heterocycles. The van der Waals surface area contributed by atoms with Crippen LogP contribution in [0.25, 0.3) is 0 Å². The largest absolute Gasteiger partial charge is 0.478 e. The average molecular weight is 990 g/mol. The fraction of sp³-hybridized carbons (Fsp3) is 0.667. The summed E-state index contributed by atoms with van der Waals surface area (Å²) in [5.41, 5.74) is -1.70. The third-order valence-corrected chi connectivity index (χ3v) is 14.5. The lowest BCUT2D eigenvalue weighted by Crippen LogP contribution is -2.64. The third-order valence-electron chi connectivity index (χ3n) is 14.5. The van der Waals surface area contributed by atoms with Gasteiger partial charge in [-0.05, 0) is 129 Å². The van der Waals surface area contributed by atoms with Gasteiger partial charge in [0.15, 0.2) is 0 Å². The number of ether oxygens (including phenoxy) is 5. The molecule has 2 atom stereocenters. The van der Waals surface area contributed by atoms with Gasteiger partial charge in [-0.25, -0.2) is 4.79 Å². The van der Waals surface area contributed by atoms with E-state index in [1.165, 1.54) is 24.7 Å². The van der Waals surface area contributed by atoms with E-state index in [1.54, 1.807) is 67.3 Å². The maximum atomic E-state index is 13.9. The number of amides is 5. The Kier molecular flexibility index (Phi) is 19.3. The highest BCUT2D eigenvalue weighted by molar-refractivity contribution is 6.17. The van der Waals surface area contributed by atoms with Crippen molar-refractivity contribution in [2.24, 2.45) is 0 Å². The van der Waals surface area contributed by atoms with E-state index in [1.807, 2.05) is 23.6 Å². The van der Waals surface area contributed by atoms with E-state index in [9.17, 15) is 33.9 Å². The first kappa shape index (κ1) is 55.1. The normalized spacial score (nSPS) is 21.7. The van der Waals surface area contributed by atoms with Crippen LogP contribution in [0.4, 0.5) is 11.4 Å². The molecule has 0 bridgehead atoms. The van der Waals surface area contributed by atoms with E-state index in [0.29, 0.717) is 93.7 Å². The second-order valence-electron chi connectivity index (χ2n) is 20.4. The minimum absolute atomic E-state index is 0.0285. The number of carbonyl (C=O) groups is 6. The molecule has 0 radical (unpaired) electrons. The van der Waals surface area contributed by atoms with Crippen molar-refractivity contribution < 1.29 is 57.6 Å². The molecule has 2 aliphatic carbocycles. The molecule has 2 aromatic rings. The second kappa shape index (κ2) is 24.9. The Morgan fingerprint density at radius 2 is 1.06 bits per heavy atom. The molecule has 71 heavy (non-hydrogen) atoms. The average Bonchev–Trinajstić information content (AvgIpc) is 3.36. The fourth-order valence-electron chi connectivity index (χ4n) is 10.6. The Balaban J connectivity index is 0.000000235. The van der Waals surface area contributed by atoms with Crippen molar-refractivity contribution in [2.45, 2.75) is 167 Å². The van der Waals surface area contributed by atoms with Gasteiger partial charge < -0.3 is 53.3 Å². The summed E-state index contributed by atoms with van der Waals surface area (Å²) < 4.78 is 27.5. The van der Waals surface area contributed by atoms with Gasteiger partial charge in [0.1, 0.15) is 11.5 Å². The number of morpholine rings is 1. The van der Waals surface area contributed by atoms with Gasteiger partial charge >= 0.3 is 5.97 Å². The number of anilines is 2. The number of fused-ring (bicyclic) bond motifs is 2. The Morgan fingerprint density at radius 1 is 0.648 bits per heavy atom. The Hall–Kier alpha value is -5.26. The summed E-state index contributed by atoms with van der Waals surface area (Å²) in [4.78, 5) is 88.6. The van der Waals surface area contributed by atoms with Crippen molar-refractivity contribution >= 4 is 46.9 Å². The molecule has 17 heteroatoms. The molecule has 3 fully saturated rings. The van der Waals surface area contributed by atoms with E-state index < -0.39 is 29.0 Å². The van der Waals surface area contributed by atoms with Gasteiger partial charge in [-0.15, -0.1) is 0 Å². The second-order valence-corrected chi connectivity index (χ2v) is 20.4. The van der Waals surface area contributed by atoms with Gasteiger partial charge in [0, 0.05) is 88.9 Å². The van der Waals surface area contributed by atoms with Crippen LogP contribution in [0.5, 0.6) is 11.5 Å². The lowest BCUT2D eigenvalue weighted by atomic mass is 9.92. The minimum atomic E-state index is -2.01. The van der Waals surface area contributed by atoms with Crippen molar-refractivity contribution in [2.75, 3.05) is 76.6 Å².